The van der Waals surface area contributed by atoms with Crippen LogP contribution in [0.15, 0.2) is 53.1 Å². The number of benzene rings is 2. The molecule has 3 aromatic rings. The van der Waals surface area contributed by atoms with Crippen LogP contribution < -0.4 is 4.90 Å². The molecule has 0 N–H and O–H groups in total. The first-order chi connectivity index (χ1) is 13.7. The lowest BCUT2D eigenvalue weighted by atomic mass is 10.1. The van der Waals surface area contributed by atoms with Crippen LogP contribution in [0.2, 0.25) is 0 Å². The van der Waals surface area contributed by atoms with Gasteiger partial charge in [-0.25, -0.2) is 0 Å². The van der Waals surface area contributed by atoms with Crippen molar-refractivity contribution in [3.8, 4) is 17.5 Å². The molecule has 4 rings (SSSR count). The van der Waals surface area contributed by atoms with Gasteiger partial charge in [0, 0.05) is 24.3 Å². The molecule has 2 heterocycles. The first-order valence-corrected chi connectivity index (χ1v) is 9.18. The quantitative estimate of drug-likeness (QED) is 0.646. The van der Waals surface area contributed by atoms with E-state index in [4.69, 9.17) is 9.26 Å². The highest BCUT2D eigenvalue weighted by molar-refractivity contribution is 5.87. The molecule has 1 aromatic heterocycles. The van der Waals surface area contributed by atoms with E-state index in [9.17, 15) is 5.26 Å². The number of nitrogens with zero attached hydrogens (tertiary/aromatic N) is 4. The minimum absolute atomic E-state index is 0.218. The van der Waals surface area contributed by atoms with Crippen LogP contribution in [0, 0.1) is 18.3 Å². The molecule has 0 amide bonds. The minimum Gasteiger partial charge on any atom is -0.378 e. The van der Waals surface area contributed by atoms with Crippen LogP contribution in [0.3, 0.4) is 0 Å². The van der Waals surface area contributed by atoms with Crippen molar-refractivity contribution in [2.24, 2.45) is 0 Å². The maximum absolute atomic E-state index is 9.55. The smallest absolute Gasteiger partial charge is 0.268 e. The topological polar surface area (TPSA) is 75.2 Å². The molecule has 1 aliphatic heterocycles. The number of anilines is 1. The summed E-state index contributed by atoms with van der Waals surface area (Å²) in [7, 11) is 0. The second-order valence-electron chi connectivity index (χ2n) is 6.65. The zero-order valence-electron chi connectivity index (χ0n) is 15.6. The predicted octanol–water partition coefficient (Wildman–Crippen LogP) is 3.95. The third kappa shape index (κ3) is 3.95. The van der Waals surface area contributed by atoms with Gasteiger partial charge in [0.05, 0.1) is 13.2 Å². The van der Waals surface area contributed by atoms with Gasteiger partial charge in [-0.15, -0.1) is 0 Å². The Labute approximate surface area is 163 Å². The Kier molecular flexibility index (Phi) is 5.18. The van der Waals surface area contributed by atoms with E-state index >= 15 is 0 Å². The van der Waals surface area contributed by atoms with Gasteiger partial charge in [0.1, 0.15) is 11.6 Å². The Bertz CT molecular complexity index is 1010. The molecule has 6 heteroatoms. The Morgan fingerprint density at radius 3 is 2.46 bits per heavy atom. The van der Waals surface area contributed by atoms with Crippen LogP contribution in [-0.4, -0.2) is 36.4 Å². The largest absolute Gasteiger partial charge is 0.378 e. The number of hydrogen-bond acceptors (Lipinski definition) is 6. The Morgan fingerprint density at radius 2 is 1.79 bits per heavy atom. The number of rotatable bonds is 4. The van der Waals surface area contributed by atoms with Crippen molar-refractivity contribution in [3.63, 3.8) is 0 Å². The van der Waals surface area contributed by atoms with Crippen molar-refractivity contribution < 1.29 is 9.26 Å². The van der Waals surface area contributed by atoms with Crippen molar-refractivity contribution in [2.45, 2.75) is 6.92 Å². The van der Waals surface area contributed by atoms with E-state index in [2.05, 4.69) is 33.2 Å². The summed E-state index contributed by atoms with van der Waals surface area (Å²) < 4.78 is 10.7. The summed E-state index contributed by atoms with van der Waals surface area (Å²) in [6, 6.07) is 18.1. The summed E-state index contributed by atoms with van der Waals surface area (Å²) in [5, 5.41) is 13.6. The van der Waals surface area contributed by atoms with Crippen molar-refractivity contribution in [3.05, 3.63) is 65.5 Å². The fourth-order valence-corrected chi connectivity index (χ4v) is 3.06. The highest BCUT2D eigenvalue weighted by atomic mass is 16.5. The number of aromatic nitrogens is 2. The average Bonchev–Trinajstić information content (AvgIpc) is 3.23. The number of morpholine rings is 1. The Hall–Kier alpha value is -3.43. The minimum atomic E-state index is 0.218. The lowest BCUT2D eigenvalue weighted by Gasteiger charge is -2.28. The molecule has 2 aromatic carbocycles. The normalized spacial score (nSPS) is 14.7. The molecule has 1 saturated heterocycles. The van der Waals surface area contributed by atoms with E-state index in [-0.39, 0.29) is 5.89 Å². The molecule has 6 nitrogen and oxygen atoms in total. The lowest BCUT2D eigenvalue weighted by Crippen LogP contribution is -2.36. The highest BCUT2D eigenvalue weighted by Gasteiger charge is 2.14. The molecule has 0 radical (unpaired) electrons. The molecule has 0 bridgehead atoms. The number of ether oxygens (including phenoxy) is 1. The summed E-state index contributed by atoms with van der Waals surface area (Å²) in [5.74, 6) is 0.689. The van der Waals surface area contributed by atoms with Gasteiger partial charge in [0.15, 0.2) is 0 Å². The molecule has 140 valence electrons. The molecule has 0 saturated carbocycles. The maximum Gasteiger partial charge on any atom is 0.268 e. The highest BCUT2D eigenvalue weighted by Crippen LogP contribution is 2.23. The number of allylic oxidation sites excluding steroid dienone is 1. The van der Waals surface area contributed by atoms with Gasteiger partial charge in [0.2, 0.25) is 5.82 Å². The molecular formula is C22H20N4O2. The van der Waals surface area contributed by atoms with E-state index in [1.54, 1.807) is 6.08 Å². The van der Waals surface area contributed by atoms with Gasteiger partial charge in [-0.3, -0.25) is 0 Å². The zero-order valence-corrected chi connectivity index (χ0v) is 15.6. The second kappa shape index (κ2) is 8.07. The third-order valence-corrected chi connectivity index (χ3v) is 4.67. The van der Waals surface area contributed by atoms with Gasteiger partial charge in [-0.05, 0) is 30.7 Å². The van der Waals surface area contributed by atoms with Gasteiger partial charge in [0.25, 0.3) is 5.89 Å². The molecule has 1 aliphatic rings. The van der Waals surface area contributed by atoms with Crippen LogP contribution in [0.1, 0.15) is 17.0 Å². The molecule has 0 aliphatic carbocycles. The molecular weight excluding hydrogens is 352 g/mol. The van der Waals surface area contributed by atoms with Crippen LogP contribution >= 0.6 is 0 Å². The number of aryl methyl sites for hydroxylation is 1. The SMILES string of the molecule is Cc1ccc(-c2noc(/C(C#N)=C\c3ccc(N4CCOCC4)cc3)n2)cc1. The summed E-state index contributed by atoms with van der Waals surface area (Å²) in [4.78, 5) is 6.66. The standard InChI is InChI=1S/C22H20N4O2/c1-16-2-6-18(7-3-16)21-24-22(28-25-21)19(15-23)14-17-4-8-20(9-5-17)26-10-12-27-13-11-26/h2-9,14H,10-13H2,1H3/b19-14-. The molecule has 0 spiro atoms. The van der Waals surface area contributed by atoms with Crippen LogP contribution in [0.25, 0.3) is 23.0 Å². The van der Waals surface area contributed by atoms with E-state index < -0.39 is 0 Å². The summed E-state index contributed by atoms with van der Waals surface area (Å²) in [6.07, 6.45) is 1.76. The van der Waals surface area contributed by atoms with Crippen LogP contribution in [-0.2, 0) is 4.74 Å². The molecule has 1 fully saturated rings. The molecule has 0 unspecified atom stereocenters. The van der Waals surface area contributed by atoms with E-state index in [1.807, 2.05) is 43.3 Å². The fourth-order valence-electron chi connectivity index (χ4n) is 3.06. The van der Waals surface area contributed by atoms with Gasteiger partial charge < -0.3 is 14.2 Å². The summed E-state index contributed by atoms with van der Waals surface area (Å²) in [6.45, 7) is 5.30. The van der Waals surface area contributed by atoms with Gasteiger partial charge >= 0.3 is 0 Å². The van der Waals surface area contributed by atoms with Crippen molar-refractivity contribution >= 4 is 17.3 Å². The third-order valence-electron chi connectivity index (χ3n) is 4.67. The van der Waals surface area contributed by atoms with Gasteiger partial charge in [-0.2, -0.15) is 10.2 Å². The van der Waals surface area contributed by atoms with Crippen molar-refractivity contribution in [2.75, 3.05) is 31.2 Å². The fraction of sp³-hybridized carbons (Fsp3) is 0.227. The monoisotopic (exact) mass is 372 g/mol. The zero-order chi connectivity index (χ0) is 19.3. The predicted molar refractivity (Wildman–Crippen MR) is 107 cm³/mol. The van der Waals surface area contributed by atoms with Gasteiger partial charge in [-0.1, -0.05) is 47.1 Å². The summed E-state index contributed by atoms with van der Waals surface area (Å²) in [5.41, 5.74) is 4.41. The second-order valence-corrected chi connectivity index (χ2v) is 6.65. The first kappa shape index (κ1) is 18.0. The Balaban J connectivity index is 1.54. The lowest BCUT2D eigenvalue weighted by molar-refractivity contribution is 0.122. The van der Waals surface area contributed by atoms with Crippen LogP contribution in [0.4, 0.5) is 5.69 Å². The average molecular weight is 372 g/mol. The van der Waals surface area contributed by atoms with Crippen molar-refractivity contribution in [1.29, 1.82) is 5.26 Å². The van der Waals surface area contributed by atoms with E-state index in [0.717, 1.165) is 48.7 Å². The van der Waals surface area contributed by atoms with Crippen LogP contribution in [0.5, 0.6) is 0 Å². The maximum atomic E-state index is 9.55. The summed E-state index contributed by atoms with van der Waals surface area (Å²) >= 11 is 0. The van der Waals surface area contributed by atoms with E-state index in [1.165, 1.54) is 0 Å². The Morgan fingerprint density at radius 1 is 1.07 bits per heavy atom. The van der Waals surface area contributed by atoms with E-state index in [0.29, 0.717) is 11.4 Å². The number of nitriles is 1. The number of hydrogen-bond donors (Lipinski definition) is 0. The first-order valence-electron chi connectivity index (χ1n) is 9.18. The molecule has 28 heavy (non-hydrogen) atoms. The molecule has 0 atom stereocenters. The van der Waals surface area contributed by atoms with Crippen molar-refractivity contribution in [1.82, 2.24) is 10.1 Å².